The molecule has 0 aliphatic heterocycles. The normalized spacial score (nSPS) is 11.1. The molecule has 0 radical (unpaired) electrons. The lowest BCUT2D eigenvalue weighted by atomic mass is 10.2. The van der Waals surface area contributed by atoms with E-state index in [2.05, 4.69) is 4.98 Å². The summed E-state index contributed by atoms with van der Waals surface area (Å²) in [4.78, 5) is 4.11. The Hall–Kier alpha value is -1.03. The molecule has 0 atom stereocenters. The average Bonchev–Trinajstić information content (AvgIpc) is 2.63. The molecule has 0 amide bonds. The maximum atomic E-state index is 6.02. The molecule has 0 aliphatic rings. The van der Waals surface area contributed by atoms with Crippen molar-refractivity contribution >= 4 is 51.8 Å². The highest BCUT2D eigenvalue weighted by Gasteiger charge is 1.98. The van der Waals surface area contributed by atoms with Crippen LogP contribution >= 0.6 is 34.5 Å². The molecule has 0 spiro atoms. The third kappa shape index (κ3) is 2.76. The SMILES string of the molecule is Nc1nc(C=Cc2ccc(Cl)cc2Cl)cs1. The van der Waals surface area contributed by atoms with Crippen molar-refractivity contribution in [1.82, 2.24) is 4.98 Å². The Morgan fingerprint density at radius 3 is 2.69 bits per heavy atom. The highest BCUT2D eigenvalue weighted by Crippen LogP contribution is 2.23. The lowest BCUT2D eigenvalue weighted by Gasteiger charge is -1.97. The predicted molar refractivity (Wildman–Crippen MR) is 71.9 cm³/mol. The largest absolute Gasteiger partial charge is 0.375 e. The zero-order valence-corrected chi connectivity index (χ0v) is 10.5. The highest BCUT2D eigenvalue weighted by atomic mass is 35.5. The fourth-order valence-corrected chi connectivity index (χ4v) is 2.19. The molecule has 0 aliphatic carbocycles. The second kappa shape index (κ2) is 4.87. The van der Waals surface area contributed by atoms with Gasteiger partial charge in [-0.2, -0.15) is 0 Å². The standard InChI is InChI=1S/C11H8Cl2N2S/c12-8-3-1-7(10(13)5-8)2-4-9-6-16-11(14)15-9/h1-6H,(H2,14,15). The molecular formula is C11H8Cl2N2S. The van der Waals surface area contributed by atoms with E-state index >= 15 is 0 Å². The summed E-state index contributed by atoms with van der Waals surface area (Å²) in [7, 11) is 0. The number of hydrogen-bond donors (Lipinski definition) is 1. The van der Waals surface area contributed by atoms with Gasteiger partial charge in [0.15, 0.2) is 5.13 Å². The molecule has 2 rings (SSSR count). The average molecular weight is 271 g/mol. The van der Waals surface area contributed by atoms with Crippen molar-refractivity contribution in [2.45, 2.75) is 0 Å². The van der Waals surface area contributed by atoms with Gasteiger partial charge in [-0.1, -0.05) is 35.3 Å². The first-order chi connectivity index (χ1) is 7.65. The molecule has 2 aromatic rings. The van der Waals surface area contributed by atoms with Gasteiger partial charge in [-0.3, -0.25) is 0 Å². The summed E-state index contributed by atoms with van der Waals surface area (Å²) in [6.07, 6.45) is 3.75. The zero-order chi connectivity index (χ0) is 11.5. The molecule has 16 heavy (non-hydrogen) atoms. The molecule has 1 heterocycles. The van der Waals surface area contributed by atoms with Crippen LogP contribution in [0.3, 0.4) is 0 Å². The van der Waals surface area contributed by atoms with Gasteiger partial charge in [-0.25, -0.2) is 4.98 Å². The summed E-state index contributed by atoms with van der Waals surface area (Å²) in [6.45, 7) is 0. The van der Waals surface area contributed by atoms with Crippen molar-refractivity contribution < 1.29 is 0 Å². The summed E-state index contributed by atoms with van der Waals surface area (Å²) in [5.41, 5.74) is 7.26. The van der Waals surface area contributed by atoms with Crippen LogP contribution in [-0.2, 0) is 0 Å². The predicted octanol–water partition coefficient (Wildman–Crippen LogP) is 4.20. The van der Waals surface area contributed by atoms with Crippen molar-refractivity contribution in [2.24, 2.45) is 0 Å². The van der Waals surface area contributed by atoms with E-state index < -0.39 is 0 Å². The number of rotatable bonds is 2. The number of nitrogens with zero attached hydrogens (tertiary/aromatic N) is 1. The molecule has 1 aromatic heterocycles. The van der Waals surface area contributed by atoms with Gasteiger partial charge in [-0.15, -0.1) is 11.3 Å². The molecule has 1 aromatic carbocycles. The first-order valence-electron chi connectivity index (χ1n) is 4.49. The third-order valence-corrected chi connectivity index (χ3v) is 3.19. The van der Waals surface area contributed by atoms with Crippen LogP contribution in [-0.4, -0.2) is 4.98 Å². The third-order valence-electron chi connectivity index (χ3n) is 1.94. The Morgan fingerprint density at radius 2 is 2.06 bits per heavy atom. The Labute approximate surface area is 107 Å². The van der Waals surface area contributed by atoms with Crippen LogP contribution in [0.4, 0.5) is 5.13 Å². The minimum Gasteiger partial charge on any atom is -0.375 e. The van der Waals surface area contributed by atoms with E-state index in [-0.39, 0.29) is 0 Å². The number of halogens is 2. The monoisotopic (exact) mass is 270 g/mol. The zero-order valence-electron chi connectivity index (χ0n) is 8.15. The van der Waals surface area contributed by atoms with Crippen LogP contribution in [0.25, 0.3) is 12.2 Å². The highest BCUT2D eigenvalue weighted by molar-refractivity contribution is 7.13. The van der Waals surface area contributed by atoms with E-state index in [1.54, 1.807) is 12.1 Å². The van der Waals surface area contributed by atoms with Gasteiger partial charge in [0, 0.05) is 15.4 Å². The summed E-state index contributed by atoms with van der Waals surface area (Å²) in [5.74, 6) is 0. The van der Waals surface area contributed by atoms with E-state index in [1.807, 2.05) is 23.6 Å². The molecule has 0 saturated carbocycles. The second-order valence-corrected chi connectivity index (χ2v) is 4.84. The van der Waals surface area contributed by atoms with Crippen LogP contribution in [0.5, 0.6) is 0 Å². The van der Waals surface area contributed by atoms with Gasteiger partial charge in [0.2, 0.25) is 0 Å². The molecule has 0 saturated heterocycles. The summed E-state index contributed by atoms with van der Waals surface area (Å²) >= 11 is 13.2. The van der Waals surface area contributed by atoms with E-state index in [0.717, 1.165) is 11.3 Å². The fourth-order valence-electron chi connectivity index (χ4n) is 1.19. The number of anilines is 1. The van der Waals surface area contributed by atoms with Gasteiger partial charge in [-0.05, 0) is 23.8 Å². The molecular weight excluding hydrogens is 263 g/mol. The Morgan fingerprint density at radius 1 is 1.25 bits per heavy atom. The second-order valence-electron chi connectivity index (χ2n) is 3.11. The number of hydrogen-bond acceptors (Lipinski definition) is 3. The van der Waals surface area contributed by atoms with Crippen molar-refractivity contribution in [3.8, 4) is 0 Å². The smallest absolute Gasteiger partial charge is 0.180 e. The van der Waals surface area contributed by atoms with E-state index in [4.69, 9.17) is 28.9 Å². The van der Waals surface area contributed by atoms with Gasteiger partial charge in [0.25, 0.3) is 0 Å². The lowest BCUT2D eigenvalue weighted by Crippen LogP contribution is -1.81. The number of nitrogens with two attached hydrogens (primary N) is 1. The van der Waals surface area contributed by atoms with Gasteiger partial charge >= 0.3 is 0 Å². The summed E-state index contributed by atoms with van der Waals surface area (Å²) in [6, 6.07) is 5.36. The van der Waals surface area contributed by atoms with E-state index in [9.17, 15) is 0 Å². The lowest BCUT2D eigenvalue weighted by molar-refractivity contribution is 1.39. The minimum absolute atomic E-state index is 0.557. The van der Waals surface area contributed by atoms with Crippen LogP contribution < -0.4 is 5.73 Å². The van der Waals surface area contributed by atoms with Crippen molar-refractivity contribution in [1.29, 1.82) is 0 Å². The molecule has 2 N–H and O–H groups in total. The number of thiazole rings is 1. The Kier molecular flexibility index (Phi) is 3.49. The molecule has 5 heteroatoms. The minimum atomic E-state index is 0.557. The summed E-state index contributed by atoms with van der Waals surface area (Å²) in [5, 5.41) is 3.68. The van der Waals surface area contributed by atoms with Crippen molar-refractivity contribution in [3.05, 3.63) is 44.9 Å². The fraction of sp³-hybridized carbons (Fsp3) is 0. The number of nitrogen functional groups attached to an aromatic ring is 1. The first kappa shape index (κ1) is 11.5. The molecule has 2 nitrogen and oxygen atoms in total. The quantitative estimate of drug-likeness (QED) is 0.888. The van der Waals surface area contributed by atoms with Crippen molar-refractivity contribution in [2.75, 3.05) is 5.73 Å². The molecule has 0 unspecified atom stereocenters. The number of aromatic nitrogens is 1. The Bertz CT molecular complexity index is 535. The molecule has 0 bridgehead atoms. The topological polar surface area (TPSA) is 38.9 Å². The van der Waals surface area contributed by atoms with Crippen LogP contribution in [0, 0.1) is 0 Å². The van der Waals surface area contributed by atoms with Crippen molar-refractivity contribution in [3.63, 3.8) is 0 Å². The Balaban J connectivity index is 2.23. The summed E-state index contributed by atoms with van der Waals surface area (Å²) < 4.78 is 0. The van der Waals surface area contributed by atoms with Crippen LogP contribution in [0.1, 0.15) is 11.3 Å². The maximum Gasteiger partial charge on any atom is 0.180 e. The van der Waals surface area contributed by atoms with E-state index in [1.165, 1.54) is 11.3 Å². The number of benzene rings is 1. The first-order valence-corrected chi connectivity index (χ1v) is 6.13. The van der Waals surface area contributed by atoms with Gasteiger partial charge in [0.1, 0.15) is 0 Å². The van der Waals surface area contributed by atoms with Crippen LogP contribution in [0.15, 0.2) is 23.6 Å². The molecule has 82 valence electrons. The molecule has 0 fully saturated rings. The van der Waals surface area contributed by atoms with Gasteiger partial charge < -0.3 is 5.73 Å². The van der Waals surface area contributed by atoms with E-state index in [0.29, 0.717) is 15.2 Å². The van der Waals surface area contributed by atoms with Crippen LogP contribution in [0.2, 0.25) is 10.0 Å². The maximum absolute atomic E-state index is 6.02. The van der Waals surface area contributed by atoms with Gasteiger partial charge in [0.05, 0.1) is 5.69 Å².